The number of thiophene rings is 1. The Kier molecular flexibility index (Phi) is 3.91. The van der Waals surface area contributed by atoms with Crippen molar-refractivity contribution in [2.24, 2.45) is 0 Å². The minimum Gasteiger partial charge on any atom is -0.337 e. The van der Waals surface area contributed by atoms with Gasteiger partial charge in [0.25, 0.3) is 11.6 Å². The molecule has 19 heavy (non-hydrogen) atoms. The van der Waals surface area contributed by atoms with Crippen molar-refractivity contribution in [3.05, 3.63) is 62.3 Å². The van der Waals surface area contributed by atoms with Crippen molar-refractivity contribution in [1.82, 2.24) is 4.90 Å². The Bertz CT molecular complexity index is 578. The van der Waals surface area contributed by atoms with Gasteiger partial charge in [0.2, 0.25) is 0 Å². The zero-order valence-corrected chi connectivity index (χ0v) is 11.1. The molecule has 0 aliphatic heterocycles. The van der Waals surface area contributed by atoms with E-state index in [0.717, 1.165) is 5.56 Å². The van der Waals surface area contributed by atoms with Crippen molar-refractivity contribution in [3.8, 4) is 0 Å². The first-order chi connectivity index (χ1) is 9.08. The molecule has 0 bridgehead atoms. The first-order valence-corrected chi connectivity index (χ1v) is 6.53. The predicted molar refractivity (Wildman–Crippen MR) is 73.2 cm³/mol. The number of amides is 1. The standard InChI is InChI=1S/C13H12N2O3S/c1-14(8-10-6-7-19-9-10)13(16)11-2-4-12(5-3-11)15(17)18/h2-7,9H,8H2,1H3. The van der Waals surface area contributed by atoms with E-state index in [1.54, 1.807) is 23.3 Å². The summed E-state index contributed by atoms with van der Waals surface area (Å²) in [5.74, 6) is -0.152. The fraction of sp³-hybridized carbons (Fsp3) is 0.154. The zero-order chi connectivity index (χ0) is 13.8. The fourth-order valence-electron chi connectivity index (χ4n) is 1.67. The molecule has 0 aliphatic carbocycles. The highest BCUT2D eigenvalue weighted by atomic mass is 32.1. The Morgan fingerprint density at radius 2 is 2.00 bits per heavy atom. The van der Waals surface area contributed by atoms with Gasteiger partial charge in [0.15, 0.2) is 0 Å². The summed E-state index contributed by atoms with van der Waals surface area (Å²) >= 11 is 1.58. The Labute approximate surface area is 114 Å². The van der Waals surface area contributed by atoms with E-state index >= 15 is 0 Å². The van der Waals surface area contributed by atoms with E-state index in [9.17, 15) is 14.9 Å². The summed E-state index contributed by atoms with van der Waals surface area (Å²) in [7, 11) is 1.71. The third kappa shape index (κ3) is 3.17. The molecule has 0 unspecified atom stereocenters. The van der Waals surface area contributed by atoms with E-state index in [-0.39, 0.29) is 11.6 Å². The first-order valence-electron chi connectivity index (χ1n) is 5.59. The molecule has 0 N–H and O–H groups in total. The Hall–Kier alpha value is -2.21. The summed E-state index contributed by atoms with van der Waals surface area (Å²) < 4.78 is 0. The van der Waals surface area contributed by atoms with Gasteiger partial charge in [-0.1, -0.05) is 0 Å². The van der Waals surface area contributed by atoms with Crippen LogP contribution in [0.25, 0.3) is 0 Å². The molecule has 2 rings (SSSR count). The Balaban J connectivity index is 2.08. The van der Waals surface area contributed by atoms with Crippen molar-refractivity contribution < 1.29 is 9.72 Å². The van der Waals surface area contributed by atoms with Crippen LogP contribution in [0, 0.1) is 10.1 Å². The van der Waals surface area contributed by atoms with Gasteiger partial charge in [-0.2, -0.15) is 11.3 Å². The lowest BCUT2D eigenvalue weighted by atomic mass is 10.2. The van der Waals surface area contributed by atoms with Gasteiger partial charge in [0.05, 0.1) is 4.92 Å². The van der Waals surface area contributed by atoms with Crippen LogP contribution in [0.1, 0.15) is 15.9 Å². The molecule has 1 heterocycles. The van der Waals surface area contributed by atoms with E-state index in [1.165, 1.54) is 24.3 Å². The van der Waals surface area contributed by atoms with Crippen LogP contribution in [0.3, 0.4) is 0 Å². The minimum absolute atomic E-state index is 0.0166. The summed E-state index contributed by atoms with van der Waals surface area (Å²) in [5, 5.41) is 14.5. The smallest absolute Gasteiger partial charge is 0.269 e. The van der Waals surface area contributed by atoms with E-state index in [1.807, 2.05) is 16.8 Å². The van der Waals surface area contributed by atoms with Crippen molar-refractivity contribution in [2.45, 2.75) is 6.54 Å². The molecule has 1 aromatic heterocycles. The topological polar surface area (TPSA) is 63.5 Å². The number of nitro groups is 1. The van der Waals surface area contributed by atoms with E-state index in [2.05, 4.69) is 0 Å². The second-order valence-corrected chi connectivity index (χ2v) is 4.88. The molecule has 2 aromatic rings. The summed E-state index contributed by atoms with van der Waals surface area (Å²) in [5.41, 5.74) is 1.50. The highest BCUT2D eigenvalue weighted by Crippen LogP contribution is 2.15. The van der Waals surface area contributed by atoms with Gasteiger partial charge in [-0.15, -0.1) is 0 Å². The molecule has 0 fully saturated rings. The second-order valence-electron chi connectivity index (χ2n) is 4.10. The Morgan fingerprint density at radius 1 is 1.32 bits per heavy atom. The van der Waals surface area contributed by atoms with Crippen LogP contribution in [-0.2, 0) is 6.54 Å². The maximum absolute atomic E-state index is 12.1. The molecule has 0 saturated heterocycles. The van der Waals surface area contributed by atoms with Crippen LogP contribution in [0.5, 0.6) is 0 Å². The van der Waals surface area contributed by atoms with Crippen LogP contribution in [0.4, 0.5) is 5.69 Å². The number of nitro benzene ring substituents is 1. The SMILES string of the molecule is CN(Cc1ccsc1)C(=O)c1ccc([N+](=O)[O-])cc1. The number of benzene rings is 1. The number of rotatable bonds is 4. The van der Waals surface area contributed by atoms with Gasteiger partial charge >= 0.3 is 0 Å². The van der Waals surface area contributed by atoms with Gasteiger partial charge in [-0.05, 0) is 34.5 Å². The fourth-order valence-corrected chi connectivity index (χ4v) is 2.33. The van der Waals surface area contributed by atoms with Gasteiger partial charge in [0, 0.05) is 31.3 Å². The summed E-state index contributed by atoms with van der Waals surface area (Å²) in [6, 6.07) is 7.59. The maximum atomic E-state index is 12.1. The molecule has 1 amide bonds. The largest absolute Gasteiger partial charge is 0.337 e. The van der Waals surface area contributed by atoms with E-state index < -0.39 is 4.92 Å². The van der Waals surface area contributed by atoms with Gasteiger partial charge in [-0.25, -0.2) is 0 Å². The number of carbonyl (C=O) groups is 1. The molecule has 0 atom stereocenters. The normalized spacial score (nSPS) is 10.2. The van der Waals surface area contributed by atoms with Gasteiger partial charge < -0.3 is 4.90 Å². The zero-order valence-electron chi connectivity index (χ0n) is 10.3. The van der Waals surface area contributed by atoms with Crippen LogP contribution in [-0.4, -0.2) is 22.8 Å². The molecule has 0 radical (unpaired) electrons. The van der Waals surface area contributed by atoms with Crippen LogP contribution >= 0.6 is 11.3 Å². The number of nitrogens with zero attached hydrogens (tertiary/aromatic N) is 2. The van der Waals surface area contributed by atoms with Crippen LogP contribution < -0.4 is 0 Å². The third-order valence-electron chi connectivity index (χ3n) is 2.67. The first kappa shape index (κ1) is 13.2. The monoisotopic (exact) mass is 276 g/mol. The lowest BCUT2D eigenvalue weighted by molar-refractivity contribution is -0.384. The van der Waals surface area contributed by atoms with Gasteiger partial charge in [-0.3, -0.25) is 14.9 Å². The van der Waals surface area contributed by atoms with Crippen molar-refractivity contribution >= 4 is 22.9 Å². The number of non-ortho nitro benzene ring substituents is 1. The van der Waals surface area contributed by atoms with E-state index in [0.29, 0.717) is 12.1 Å². The van der Waals surface area contributed by atoms with Crippen LogP contribution in [0.15, 0.2) is 41.1 Å². The molecule has 0 aliphatic rings. The molecule has 98 valence electrons. The Morgan fingerprint density at radius 3 is 2.53 bits per heavy atom. The minimum atomic E-state index is -0.483. The second kappa shape index (κ2) is 5.62. The van der Waals surface area contributed by atoms with Crippen molar-refractivity contribution in [3.63, 3.8) is 0 Å². The quantitative estimate of drug-likeness (QED) is 0.637. The summed E-state index contributed by atoms with van der Waals surface area (Å²) in [6.07, 6.45) is 0. The number of hydrogen-bond donors (Lipinski definition) is 0. The highest BCUT2D eigenvalue weighted by Gasteiger charge is 2.13. The summed E-state index contributed by atoms with van der Waals surface area (Å²) in [6.45, 7) is 0.527. The predicted octanol–water partition coefficient (Wildman–Crippen LogP) is 2.93. The third-order valence-corrected chi connectivity index (χ3v) is 3.40. The maximum Gasteiger partial charge on any atom is 0.269 e. The lowest BCUT2D eigenvalue weighted by Gasteiger charge is -2.16. The molecule has 0 spiro atoms. The molecule has 0 saturated carbocycles. The molecular weight excluding hydrogens is 264 g/mol. The number of carbonyl (C=O) groups excluding carboxylic acids is 1. The van der Waals surface area contributed by atoms with Gasteiger partial charge in [0.1, 0.15) is 0 Å². The molecular formula is C13H12N2O3S. The van der Waals surface area contributed by atoms with Crippen LogP contribution in [0.2, 0.25) is 0 Å². The van der Waals surface area contributed by atoms with Crippen molar-refractivity contribution in [2.75, 3.05) is 7.05 Å². The lowest BCUT2D eigenvalue weighted by Crippen LogP contribution is -2.25. The molecule has 6 heteroatoms. The highest BCUT2D eigenvalue weighted by molar-refractivity contribution is 7.07. The number of hydrogen-bond acceptors (Lipinski definition) is 4. The summed E-state index contributed by atoms with van der Waals surface area (Å²) in [4.78, 5) is 23.8. The molecule has 1 aromatic carbocycles. The average Bonchev–Trinajstić information content (AvgIpc) is 2.90. The van der Waals surface area contributed by atoms with Crippen molar-refractivity contribution in [1.29, 1.82) is 0 Å². The molecule has 5 nitrogen and oxygen atoms in total. The van der Waals surface area contributed by atoms with E-state index in [4.69, 9.17) is 0 Å². The average molecular weight is 276 g/mol.